The Morgan fingerprint density at radius 1 is 0.280 bits per heavy atom. The maximum Gasteiger partial charge on any atom is 0.306 e. The summed E-state index contributed by atoms with van der Waals surface area (Å²) in [5.74, 6) is -0.972. The predicted molar refractivity (Wildman–Crippen MR) is 325 cm³/mol. The van der Waals surface area contributed by atoms with Gasteiger partial charge in [-0.15, -0.1) is 0 Å². The number of carbonyl (C=O) groups is 3. The molecule has 0 bridgehead atoms. The average molecular weight is 1050 g/mol. The Kier molecular flexibility index (Phi) is 60.7. The van der Waals surface area contributed by atoms with Gasteiger partial charge in [-0.05, 0) is 57.8 Å². The maximum absolute atomic E-state index is 12.8. The molecule has 0 aromatic heterocycles. The van der Waals surface area contributed by atoms with Crippen molar-refractivity contribution < 1.29 is 28.6 Å². The van der Waals surface area contributed by atoms with Gasteiger partial charge in [0.15, 0.2) is 6.10 Å². The van der Waals surface area contributed by atoms with Crippen molar-refractivity contribution >= 4 is 17.9 Å². The van der Waals surface area contributed by atoms with Gasteiger partial charge in [0.05, 0.1) is 0 Å². The third-order valence-corrected chi connectivity index (χ3v) is 14.2. The largest absolute Gasteiger partial charge is 0.462 e. The maximum atomic E-state index is 12.8. The molecule has 0 aromatic carbocycles. The van der Waals surface area contributed by atoms with Gasteiger partial charge in [-0.3, -0.25) is 14.4 Å². The van der Waals surface area contributed by atoms with Crippen LogP contribution < -0.4 is 0 Å². The second kappa shape index (κ2) is 63.4. The average Bonchev–Trinajstić information content (AvgIpc) is 3.41. The number of esters is 3. The molecule has 0 saturated carbocycles. The number of ether oxygens (including phenoxy) is 3. The molecule has 0 radical (unpaired) electrons. The molecule has 0 heterocycles. The number of rotatable bonds is 59. The van der Waals surface area contributed by atoms with E-state index in [1.807, 2.05) is 6.08 Å². The van der Waals surface area contributed by atoms with Gasteiger partial charge >= 0.3 is 17.9 Å². The minimum Gasteiger partial charge on any atom is -0.462 e. The third-order valence-electron chi connectivity index (χ3n) is 14.2. The van der Waals surface area contributed by atoms with Crippen molar-refractivity contribution in [2.45, 2.75) is 335 Å². The van der Waals surface area contributed by atoms with E-state index < -0.39 is 6.10 Å². The number of carbonyl (C=O) groups excluding carboxylic acids is 3. The molecule has 0 aromatic rings. The monoisotopic (exact) mass is 1050 g/mol. The molecule has 0 N–H and O–H groups in total. The topological polar surface area (TPSA) is 78.9 Å². The summed E-state index contributed by atoms with van der Waals surface area (Å²) in [5.41, 5.74) is 0. The van der Waals surface area contributed by atoms with Gasteiger partial charge in [0.2, 0.25) is 0 Å². The lowest BCUT2D eigenvalue weighted by molar-refractivity contribution is -0.166. The zero-order valence-corrected chi connectivity index (χ0v) is 49.8. The number of hydrogen-bond donors (Lipinski definition) is 0. The molecule has 0 aliphatic heterocycles. The van der Waals surface area contributed by atoms with Crippen LogP contribution in [0, 0.1) is 0 Å². The van der Waals surface area contributed by atoms with Crippen LogP contribution in [-0.4, -0.2) is 37.2 Å². The van der Waals surface area contributed by atoms with Crippen LogP contribution in [0.15, 0.2) is 72.9 Å². The van der Waals surface area contributed by atoms with Gasteiger partial charge in [0.25, 0.3) is 0 Å². The molecule has 1 atom stereocenters. The van der Waals surface area contributed by atoms with Crippen molar-refractivity contribution in [1.82, 2.24) is 0 Å². The molecule has 1 unspecified atom stereocenters. The minimum atomic E-state index is -0.813. The first kappa shape index (κ1) is 71.8. The summed E-state index contributed by atoms with van der Waals surface area (Å²) in [6, 6.07) is 0. The zero-order valence-electron chi connectivity index (χ0n) is 49.8. The number of unbranched alkanes of at least 4 members (excludes halogenated alkanes) is 36. The molecule has 75 heavy (non-hydrogen) atoms. The molecule has 0 aliphatic rings. The van der Waals surface area contributed by atoms with E-state index in [0.717, 1.165) is 77.0 Å². The quantitative estimate of drug-likeness (QED) is 0.0261. The molecule has 6 heteroatoms. The standard InChI is InChI=1S/C69H122O6/c1-4-7-10-13-16-19-22-24-26-28-30-31-32-33-34-35-36-37-39-40-42-44-47-50-53-56-59-62-68(71)74-65-66(64-73-67(70)61-58-55-52-49-46-21-18-15-12-9-6-3)75-69(72)63-60-57-54-51-48-45-43-41-38-29-27-25-23-20-17-14-11-8-5-2/h8,11,17,20,25,27,38,41,45,48,54,57,66H,4-7,9-10,12-16,18-19,21-24,26,28-37,39-40,42-44,46-47,49-53,55-56,58-65H2,1-3H3/b11-8-,20-17-,27-25-,41-38-,48-45-,57-54-. The van der Waals surface area contributed by atoms with Crippen LogP contribution in [0.25, 0.3) is 0 Å². The molecule has 0 rings (SSSR count). The number of allylic oxidation sites excluding steroid dienone is 12. The second-order valence-electron chi connectivity index (χ2n) is 21.7. The van der Waals surface area contributed by atoms with Crippen molar-refractivity contribution in [1.29, 1.82) is 0 Å². The summed E-state index contributed by atoms with van der Waals surface area (Å²) < 4.78 is 16.8. The highest BCUT2D eigenvalue weighted by atomic mass is 16.6. The van der Waals surface area contributed by atoms with Crippen molar-refractivity contribution in [2.24, 2.45) is 0 Å². The molecule has 0 saturated heterocycles. The third kappa shape index (κ3) is 61.6. The summed E-state index contributed by atoms with van der Waals surface area (Å²) >= 11 is 0. The summed E-state index contributed by atoms with van der Waals surface area (Å²) in [6.45, 7) is 6.50. The van der Waals surface area contributed by atoms with E-state index in [0.29, 0.717) is 19.3 Å². The fraction of sp³-hybridized carbons (Fsp3) is 0.783. The van der Waals surface area contributed by atoms with Gasteiger partial charge in [-0.2, -0.15) is 0 Å². The molecule has 0 fully saturated rings. The van der Waals surface area contributed by atoms with E-state index in [4.69, 9.17) is 14.2 Å². The summed E-state index contributed by atoms with van der Waals surface area (Å²) in [4.78, 5) is 38.2. The van der Waals surface area contributed by atoms with E-state index >= 15 is 0 Å². The van der Waals surface area contributed by atoms with Crippen LogP contribution in [-0.2, 0) is 28.6 Å². The first-order valence-corrected chi connectivity index (χ1v) is 32.4. The first-order valence-electron chi connectivity index (χ1n) is 32.4. The Morgan fingerprint density at radius 3 is 0.787 bits per heavy atom. The Balaban J connectivity index is 4.27. The molecule has 0 amide bonds. The minimum absolute atomic E-state index is 0.101. The van der Waals surface area contributed by atoms with Gasteiger partial charge in [-0.25, -0.2) is 0 Å². The van der Waals surface area contributed by atoms with Gasteiger partial charge in [0, 0.05) is 19.3 Å². The zero-order chi connectivity index (χ0) is 54.3. The summed E-state index contributed by atoms with van der Waals surface area (Å²) in [7, 11) is 0. The van der Waals surface area contributed by atoms with Crippen LogP contribution in [0.3, 0.4) is 0 Å². The van der Waals surface area contributed by atoms with E-state index in [2.05, 4.69) is 87.6 Å². The molecular weight excluding hydrogens is 925 g/mol. The van der Waals surface area contributed by atoms with E-state index in [-0.39, 0.29) is 37.5 Å². The molecule has 0 aliphatic carbocycles. The van der Waals surface area contributed by atoms with Crippen LogP contribution in [0.4, 0.5) is 0 Å². The van der Waals surface area contributed by atoms with Crippen LogP contribution in [0.1, 0.15) is 329 Å². The molecule has 434 valence electrons. The normalized spacial score (nSPS) is 12.5. The highest BCUT2D eigenvalue weighted by molar-refractivity contribution is 5.71. The van der Waals surface area contributed by atoms with Gasteiger partial charge in [-0.1, -0.05) is 325 Å². The van der Waals surface area contributed by atoms with E-state index in [1.165, 1.54) is 205 Å². The van der Waals surface area contributed by atoms with Crippen molar-refractivity contribution in [3.05, 3.63) is 72.9 Å². The molecule has 6 nitrogen and oxygen atoms in total. The van der Waals surface area contributed by atoms with Gasteiger partial charge in [0.1, 0.15) is 13.2 Å². The lowest BCUT2D eigenvalue weighted by atomic mass is 10.0. The Hall–Kier alpha value is -3.15. The van der Waals surface area contributed by atoms with E-state index in [9.17, 15) is 14.4 Å². The van der Waals surface area contributed by atoms with Crippen LogP contribution in [0.2, 0.25) is 0 Å². The Morgan fingerprint density at radius 2 is 0.520 bits per heavy atom. The Labute approximate surface area is 465 Å². The van der Waals surface area contributed by atoms with Crippen molar-refractivity contribution in [3.8, 4) is 0 Å². The summed E-state index contributed by atoms with van der Waals surface area (Å²) in [5, 5.41) is 0. The fourth-order valence-electron chi connectivity index (χ4n) is 9.41. The fourth-order valence-corrected chi connectivity index (χ4v) is 9.41. The van der Waals surface area contributed by atoms with E-state index in [1.54, 1.807) is 0 Å². The van der Waals surface area contributed by atoms with Crippen molar-refractivity contribution in [3.63, 3.8) is 0 Å². The van der Waals surface area contributed by atoms with Gasteiger partial charge < -0.3 is 14.2 Å². The molecule has 0 spiro atoms. The number of hydrogen-bond acceptors (Lipinski definition) is 6. The molecular formula is C69H122O6. The highest BCUT2D eigenvalue weighted by Crippen LogP contribution is 2.18. The SMILES string of the molecule is CC/C=C\C/C=C\C/C=C\C/C=C\C/C=C\C/C=C\CCC(=O)OC(COC(=O)CCCCCCCCCCCCC)COC(=O)CCCCCCCCCCCCCCCCCCCCCCCCCCCCC. The smallest absolute Gasteiger partial charge is 0.306 e. The Bertz CT molecular complexity index is 1390. The first-order chi connectivity index (χ1) is 37.0. The highest BCUT2D eigenvalue weighted by Gasteiger charge is 2.19. The predicted octanol–water partition coefficient (Wildman–Crippen LogP) is 22.1. The van der Waals surface area contributed by atoms with Crippen molar-refractivity contribution in [2.75, 3.05) is 13.2 Å². The van der Waals surface area contributed by atoms with Crippen LogP contribution >= 0.6 is 0 Å². The lowest BCUT2D eigenvalue weighted by Crippen LogP contribution is -2.30. The van der Waals surface area contributed by atoms with Crippen LogP contribution in [0.5, 0.6) is 0 Å². The lowest BCUT2D eigenvalue weighted by Gasteiger charge is -2.18. The summed E-state index contributed by atoms with van der Waals surface area (Å²) in [6.07, 6.45) is 82.3. The second-order valence-corrected chi connectivity index (χ2v) is 21.7.